The Bertz CT molecular complexity index is 142. The Labute approximate surface area is 102 Å². The van der Waals surface area contributed by atoms with Crippen molar-refractivity contribution in [1.82, 2.24) is 0 Å². The van der Waals surface area contributed by atoms with E-state index in [4.69, 9.17) is 5.73 Å². The Hall–Kier alpha value is -0.300. The van der Waals surface area contributed by atoms with Gasteiger partial charge in [-0.2, -0.15) is 0 Å². The normalized spacial score (nSPS) is 12.6. The van der Waals surface area contributed by atoms with Crippen LogP contribution in [0.1, 0.15) is 71.1 Å². The summed E-state index contributed by atoms with van der Waals surface area (Å²) in [5.74, 6) is 0.785. The third kappa shape index (κ3) is 10.2. The minimum Gasteiger partial charge on any atom is -0.330 e. The van der Waals surface area contributed by atoms with E-state index in [1.54, 1.807) is 0 Å². The van der Waals surface area contributed by atoms with E-state index in [-0.39, 0.29) is 0 Å². The van der Waals surface area contributed by atoms with E-state index < -0.39 is 0 Å². The molecule has 0 bridgehead atoms. The van der Waals surface area contributed by atoms with Gasteiger partial charge in [0.15, 0.2) is 0 Å². The molecule has 2 N–H and O–H groups in total. The van der Waals surface area contributed by atoms with Gasteiger partial charge in [0.05, 0.1) is 0 Å². The van der Waals surface area contributed by atoms with Gasteiger partial charge in [0.2, 0.25) is 0 Å². The predicted molar refractivity (Wildman–Crippen MR) is 74.6 cm³/mol. The van der Waals surface area contributed by atoms with Gasteiger partial charge in [-0.05, 0) is 38.1 Å². The molecule has 0 aliphatic rings. The molecule has 0 heterocycles. The summed E-state index contributed by atoms with van der Waals surface area (Å²) in [7, 11) is 0. The van der Waals surface area contributed by atoms with Crippen LogP contribution in [0.3, 0.4) is 0 Å². The Balaban J connectivity index is 3.23. The van der Waals surface area contributed by atoms with Crippen molar-refractivity contribution in [3.05, 3.63) is 12.7 Å². The van der Waals surface area contributed by atoms with Gasteiger partial charge in [-0.15, -0.1) is 6.58 Å². The number of hydrogen-bond acceptors (Lipinski definition) is 1. The average Bonchev–Trinajstić information content (AvgIpc) is 2.32. The molecule has 1 nitrogen and oxygen atoms in total. The topological polar surface area (TPSA) is 26.0 Å². The van der Waals surface area contributed by atoms with Crippen molar-refractivity contribution in [2.75, 3.05) is 6.54 Å². The second kappa shape index (κ2) is 12.8. The van der Waals surface area contributed by atoms with Crippen molar-refractivity contribution < 1.29 is 0 Å². The maximum absolute atomic E-state index is 5.78. The molecule has 0 aromatic carbocycles. The van der Waals surface area contributed by atoms with Gasteiger partial charge in [0.1, 0.15) is 0 Å². The van der Waals surface area contributed by atoms with E-state index in [9.17, 15) is 0 Å². The van der Waals surface area contributed by atoms with Gasteiger partial charge in [-0.3, -0.25) is 0 Å². The smallest absolute Gasteiger partial charge is 0.00489 e. The lowest BCUT2D eigenvalue weighted by Crippen LogP contribution is -2.14. The minimum atomic E-state index is 0.785. The summed E-state index contributed by atoms with van der Waals surface area (Å²) >= 11 is 0. The molecule has 1 atom stereocenters. The fraction of sp³-hybridized carbons (Fsp3) is 0.867. The zero-order valence-corrected chi connectivity index (χ0v) is 11.2. The Morgan fingerprint density at radius 1 is 1.00 bits per heavy atom. The first-order valence-corrected chi connectivity index (χ1v) is 7.16. The second-order valence-corrected chi connectivity index (χ2v) is 4.88. The molecule has 16 heavy (non-hydrogen) atoms. The SMILES string of the molecule is C=CCCCCCCCC(CN)CCCC. The van der Waals surface area contributed by atoms with Gasteiger partial charge < -0.3 is 5.73 Å². The van der Waals surface area contributed by atoms with E-state index in [1.165, 1.54) is 64.2 Å². The molecule has 0 amide bonds. The van der Waals surface area contributed by atoms with Crippen LogP contribution in [0.2, 0.25) is 0 Å². The average molecular weight is 225 g/mol. The lowest BCUT2D eigenvalue weighted by atomic mass is 9.95. The van der Waals surface area contributed by atoms with Crippen LogP contribution in [-0.2, 0) is 0 Å². The summed E-state index contributed by atoms with van der Waals surface area (Å²) in [6.45, 7) is 6.89. The van der Waals surface area contributed by atoms with Crippen LogP contribution in [0.25, 0.3) is 0 Å². The zero-order valence-electron chi connectivity index (χ0n) is 11.2. The van der Waals surface area contributed by atoms with Gasteiger partial charge in [0, 0.05) is 0 Å². The van der Waals surface area contributed by atoms with E-state index in [0.29, 0.717) is 0 Å². The van der Waals surface area contributed by atoms with E-state index in [1.807, 2.05) is 6.08 Å². The number of allylic oxidation sites excluding steroid dienone is 1. The molecule has 0 rings (SSSR count). The van der Waals surface area contributed by atoms with Crippen LogP contribution in [0, 0.1) is 5.92 Å². The number of hydrogen-bond donors (Lipinski definition) is 1. The molecule has 0 aromatic rings. The monoisotopic (exact) mass is 225 g/mol. The van der Waals surface area contributed by atoms with Gasteiger partial charge in [0.25, 0.3) is 0 Å². The maximum atomic E-state index is 5.78. The molecule has 1 heteroatoms. The molecule has 0 aromatic heterocycles. The van der Waals surface area contributed by atoms with Crippen LogP contribution >= 0.6 is 0 Å². The molecular weight excluding hydrogens is 194 g/mol. The van der Waals surface area contributed by atoms with Crippen molar-refractivity contribution in [2.24, 2.45) is 11.7 Å². The molecule has 0 saturated heterocycles. The molecule has 0 aliphatic carbocycles. The minimum absolute atomic E-state index is 0.785. The molecule has 0 fully saturated rings. The molecular formula is C15H31N. The zero-order chi connectivity index (χ0) is 12.1. The predicted octanol–water partition coefficient (Wildman–Crippen LogP) is 4.67. The Morgan fingerprint density at radius 2 is 1.62 bits per heavy atom. The third-order valence-corrected chi connectivity index (χ3v) is 3.32. The maximum Gasteiger partial charge on any atom is -0.00489 e. The highest BCUT2D eigenvalue weighted by molar-refractivity contribution is 4.65. The van der Waals surface area contributed by atoms with Crippen molar-refractivity contribution in [3.63, 3.8) is 0 Å². The summed E-state index contributed by atoms with van der Waals surface area (Å²) in [4.78, 5) is 0. The van der Waals surface area contributed by atoms with E-state index in [2.05, 4.69) is 13.5 Å². The lowest BCUT2D eigenvalue weighted by molar-refractivity contribution is 0.419. The second-order valence-electron chi connectivity index (χ2n) is 4.88. The van der Waals surface area contributed by atoms with Gasteiger partial charge in [-0.25, -0.2) is 0 Å². The summed E-state index contributed by atoms with van der Waals surface area (Å²) in [5.41, 5.74) is 5.78. The Kier molecular flexibility index (Phi) is 12.5. The fourth-order valence-electron chi connectivity index (χ4n) is 2.12. The molecule has 0 spiro atoms. The highest BCUT2D eigenvalue weighted by Gasteiger charge is 2.05. The highest BCUT2D eigenvalue weighted by Crippen LogP contribution is 2.16. The lowest BCUT2D eigenvalue weighted by Gasteiger charge is -2.13. The van der Waals surface area contributed by atoms with Crippen molar-refractivity contribution in [3.8, 4) is 0 Å². The summed E-state index contributed by atoms with van der Waals surface area (Å²) in [6, 6.07) is 0. The van der Waals surface area contributed by atoms with Crippen LogP contribution < -0.4 is 5.73 Å². The third-order valence-electron chi connectivity index (χ3n) is 3.32. The molecule has 0 aliphatic heterocycles. The molecule has 0 radical (unpaired) electrons. The quantitative estimate of drug-likeness (QED) is 0.379. The first-order chi connectivity index (χ1) is 7.85. The van der Waals surface area contributed by atoms with E-state index >= 15 is 0 Å². The van der Waals surface area contributed by atoms with Crippen LogP contribution in [0.4, 0.5) is 0 Å². The first-order valence-electron chi connectivity index (χ1n) is 7.16. The summed E-state index contributed by atoms with van der Waals surface area (Å²) in [6.07, 6.45) is 15.4. The number of unbranched alkanes of at least 4 members (excludes halogenated alkanes) is 6. The fourth-order valence-corrected chi connectivity index (χ4v) is 2.12. The summed E-state index contributed by atoms with van der Waals surface area (Å²) < 4.78 is 0. The highest BCUT2D eigenvalue weighted by atomic mass is 14.5. The molecule has 1 unspecified atom stereocenters. The van der Waals surface area contributed by atoms with Crippen molar-refractivity contribution in [2.45, 2.75) is 71.1 Å². The summed E-state index contributed by atoms with van der Waals surface area (Å²) in [5, 5.41) is 0. The van der Waals surface area contributed by atoms with Crippen molar-refractivity contribution in [1.29, 1.82) is 0 Å². The Morgan fingerprint density at radius 3 is 2.25 bits per heavy atom. The molecule has 96 valence electrons. The standard InChI is InChI=1S/C15H31N/c1-3-5-7-8-9-10-11-13-15(14-16)12-6-4-2/h3,15H,1,4-14,16H2,2H3. The van der Waals surface area contributed by atoms with Crippen LogP contribution in [0.15, 0.2) is 12.7 Å². The largest absolute Gasteiger partial charge is 0.330 e. The van der Waals surface area contributed by atoms with Crippen molar-refractivity contribution >= 4 is 0 Å². The number of rotatable bonds is 12. The first kappa shape index (κ1) is 15.7. The van der Waals surface area contributed by atoms with E-state index in [0.717, 1.165) is 12.5 Å². The molecule has 0 saturated carbocycles. The van der Waals surface area contributed by atoms with Crippen LogP contribution in [0.5, 0.6) is 0 Å². The van der Waals surface area contributed by atoms with Crippen LogP contribution in [-0.4, -0.2) is 6.54 Å². The number of nitrogens with two attached hydrogens (primary N) is 1. The van der Waals surface area contributed by atoms with Gasteiger partial charge in [-0.1, -0.05) is 51.5 Å². The van der Waals surface area contributed by atoms with Gasteiger partial charge >= 0.3 is 0 Å².